The Balaban J connectivity index is 1.72. The van der Waals surface area contributed by atoms with E-state index in [9.17, 15) is 0 Å². The van der Waals surface area contributed by atoms with Crippen LogP contribution in [-0.4, -0.2) is 27.0 Å². The highest BCUT2D eigenvalue weighted by molar-refractivity contribution is 7.99. The predicted octanol–water partition coefficient (Wildman–Crippen LogP) is 2.24. The molecule has 0 spiro atoms. The summed E-state index contributed by atoms with van der Waals surface area (Å²) < 4.78 is 0. The van der Waals surface area contributed by atoms with Crippen molar-refractivity contribution in [3.05, 3.63) is 24.3 Å². The smallest absolute Gasteiger partial charge is 0.141 e. The van der Waals surface area contributed by atoms with Crippen molar-refractivity contribution in [2.45, 2.75) is 44.0 Å². The minimum Gasteiger partial charge on any atom is -0.307 e. The summed E-state index contributed by atoms with van der Waals surface area (Å²) in [4.78, 5) is 8.43. The Morgan fingerprint density at radius 3 is 2.94 bits per heavy atom. The topological polar surface area (TPSA) is 37.8 Å². The zero-order valence-corrected chi connectivity index (χ0v) is 10.5. The quantitative estimate of drug-likeness (QED) is 0.852. The van der Waals surface area contributed by atoms with E-state index in [1.165, 1.54) is 25.0 Å². The molecule has 0 aliphatic heterocycles. The fourth-order valence-electron chi connectivity index (χ4n) is 2.17. The van der Waals surface area contributed by atoms with Crippen molar-refractivity contribution in [2.24, 2.45) is 0 Å². The van der Waals surface area contributed by atoms with Gasteiger partial charge in [0.1, 0.15) is 5.82 Å². The fraction of sp³-hybridized carbons (Fsp3) is 0.667. The van der Waals surface area contributed by atoms with Crippen LogP contribution < -0.4 is 5.32 Å². The molecular weight excluding hydrogens is 218 g/mol. The lowest BCUT2D eigenvalue weighted by molar-refractivity contribution is 0.514. The molecule has 0 amide bonds. The lowest BCUT2D eigenvalue weighted by Crippen LogP contribution is -2.27. The molecule has 3 nitrogen and oxygen atoms in total. The van der Waals surface area contributed by atoms with Crippen LogP contribution in [-0.2, 0) is 6.54 Å². The van der Waals surface area contributed by atoms with E-state index in [4.69, 9.17) is 0 Å². The van der Waals surface area contributed by atoms with E-state index in [0.29, 0.717) is 6.04 Å². The van der Waals surface area contributed by atoms with Gasteiger partial charge in [0.2, 0.25) is 0 Å². The van der Waals surface area contributed by atoms with Crippen molar-refractivity contribution in [2.75, 3.05) is 5.75 Å². The first-order chi connectivity index (χ1) is 7.88. The Labute approximate surface area is 101 Å². The summed E-state index contributed by atoms with van der Waals surface area (Å²) in [6.45, 7) is 3.04. The minimum atomic E-state index is 0.660. The van der Waals surface area contributed by atoms with Crippen molar-refractivity contribution in [3.8, 4) is 0 Å². The number of hydrogen-bond acceptors (Lipinski definition) is 4. The highest BCUT2D eigenvalue weighted by atomic mass is 32.2. The van der Waals surface area contributed by atoms with Gasteiger partial charge >= 0.3 is 0 Å². The van der Waals surface area contributed by atoms with Crippen LogP contribution in [0.2, 0.25) is 0 Å². The van der Waals surface area contributed by atoms with Crippen LogP contribution in [0.3, 0.4) is 0 Å². The molecule has 1 saturated carbocycles. The van der Waals surface area contributed by atoms with E-state index in [-0.39, 0.29) is 0 Å². The molecule has 4 heteroatoms. The van der Waals surface area contributed by atoms with Gasteiger partial charge in [-0.15, -0.1) is 0 Å². The molecule has 2 unspecified atom stereocenters. The Bertz CT molecular complexity index is 304. The van der Waals surface area contributed by atoms with Gasteiger partial charge in [-0.2, -0.15) is 11.8 Å². The van der Waals surface area contributed by atoms with Crippen molar-refractivity contribution in [1.29, 1.82) is 0 Å². The van der Waals surface area contributed by atoms with Crippen LogP contribution in [0.25, 0.3) is 0 Å². The molecule has 1 fully saturated rings. The van der Waals surface area contributed by atoms with Gasteiger partial charge in [0.15, 0.2) is 0 Å². The first-order valence-corrected chi connectivity index (χ1v) is 7.04. The maximum Gasteiger partial charge on any atom is 0.141 e. The van der Waals surface area contributed by atoms with Gasteiger partial charge in [-0.1, -0.05) is 6.92 Å². The van der Waals surface area contributed by atoms with Gasteiger partial charge in [-0.05, 0) is 31.1 Å². The number of nitrogens with one attached hydrogen (secondary N) is 1. The van der Waals surface area contributed by atoms with Crippen LogP contribution >= 0.6 is 11.8 Å². The third-order valence-electron chi connectivity index (χ3n) is 2.95. The molecule has 1 N–H and O–H groups in total. The maximum atomic E-state index is 4.22. The normalized spacial score (nSPS) is 24.8. The van der Waals surface area contributed by atoms with Crippen LogP contribution in [0.1, 0.15) is 32.0 Å². The summed E-state index contributed by atoms with van der Waals surface area (Å²) in [5.74, 6) is 2.13. The molecular formula is C12H19N3S. The number of hydrogen-bond donors (Lipinski definition) is 1. The van der Waals surface area contributed by atoms with E-state index >= 15 is 0 Å². The second kappa shape index (κ2) is 6.21. The zero-order chi connectivity index (χ0) is 11.2. The van der Waals surface area contributed by atoms with Crippen molar-refractivity contribution in [1.82, 2.24) is 15.3 Å². The van der Waals surface area contributed by atoms with E-state index in [1.54, 1.807) is 12.4 Å². The summed E-state index contributed by atoms with van der Waals surface area (Å²) in [5, 5.41) is 4.41. The highest BCUT2D eigenvalue weighted by Crippen LogP contribution is 2.29. The second-order valence-corrected chi connectivity index (χ2v) is 5.71. The van der Waals surface area contributed by atoms with Gasteiger partial charge in [0.25, 0.3) is 0 Å². The SMILES string of the molecule is CCSC1CCC(NCc2ncccn2)C1. The maximum absolute atomic E-state index is 4.22. The molecule has 0 bridgehead atoms. The summed E-state index contributed by atoms with van der Waals surface area (Å²) in [6, 6.07) is 2.51. The molecule has 1 aliphatic rings. The lowest BCUT2D eigenvalue weighted by Gasteiger charge is -2.12. The molecule has 0 aromatic carbocycles. The van der Waals surface area contributed by atoms with Gasteiger partial charge in [0.05, 0.1) is 6.54 Å². The Kier molecular flexibility index (Phi) is 4.60. The van der Waals surface area contributed by atoms with Crippen molar-refractivity contribution < 1.29 is 0 Å². The minimum absolute atomic E-state index is 0.660. The fourth-order valence-corrected chi connectivity index (χ4v) is 3.31. The second-order valence-electron chi connectivity index (χ2n) is 4.13. The van der Waals surface area contributed by atoms with Crippen molar-refractivity contribution >= 4 is 11.8 Å². The summed E-state index contributed by atoms with van der Waals surface area (Å²) in [6.07, 6.45) is 7.55. The molecule has 0 saturated heterocycles. The van der Waals surface area contributed by atoms with E-state index in [0.717, 1.165) is 17.6 Å². The average molecular weight is 237 g/mol. The van der Waals surface area contributed by atoms with Gasteiger partial charge in [-0.25, -0.2) is 9.97 Å². The summed E-state index contributed by atoms with van der Waals surface area (Å²) in [5.41, 5.74) is 0. The largest absolute Gasteiger partial charge is 0.307 e. The van der Waals surface area contributed by atoms with E-state index < -0.39 is 0 Å². The number of rotatable bonds is 5. The van der Waals surface area contributed by atoms with Crippen LogP contribution in [0, 0.1) is 0 Å². The standard InChI is InChI=1S/C12H19N3S/c1-2-16-11-5-4-10(8-11)15-9-12-13-6-3-7-14-12/h3,6-7,10-11,15H,2,4-5,8-9H2,1H3. The molecule has 1 aromatic heterocycles. The number of nitrogens with zero attached hydrogens (tertiary/aromatic N) is 2. The molecule has 0 radical (unpaired) electrons. The molecule has 88 valence electrons. The van der Waals surface area contributed by atoms with Gasteiger partial charge in [-0.3, -0.25) is 0 Å². The Morgan fingerprint density at radius 1 is 1.38 bits per heavy atom. The highest BCUT2D eigenvalue weighted by Gasteiger charge is 2.23. The molecule has 1 aromatic rings. The van der Waals surface area contributed by atoms with Gasteiger partial charge in [0, 0.05) is 23.7 Å². The van der Waals surface area contributed by atoms with E-state index in [1.807, 2.05) is 6.07 Å². The van der Waals surface area contributed by atoms with Crippen LogP contribution in [0.4, 0.5) is 0 Å². The van der Waals surface area contributed by atoms with E-state index in [2.05, 4.69) is 34.0 Å². The molecule has 1 heterocycles. The molecule has 1 aliphatic carbocycles. The Morgan fingerprint density at radius 2 is 2.19 bits per heavy atom. The summed E-state index contributed by atoms with van der Waals surface area (Å²) >= 11 is 2.09. The number of thioether (sulfide) groups is 1. The Hall–Kier alpha value is -0.610. The molecule has 16 heavy (non-hydrogen) atoms. The third-order valence-corrected chi connectivity index (χ3v) is 4.19. The predicted molar refractivity (Wildman–Crippen MR) is 68.4 cm³/mol. The van der Waals surface area contributed by atoms with Crippen LogP contribution in [0.15, 0.2) is 18.5 Å². The average Bonchev–Trinajstić information content (AvgIpc) is 2.76. The monoisotopic (exact) mass is 237 g/mol. The first-order valence-electron chi connectivity index (χ1n) is 5.99. The van der Waals surface area contributed by atoms with Crippen LogP contribution in [0.5, 0.6) is 0 Å². The third kappa shape index (κ3) is 3.46. The number of aromatic nitrogens is 2. The first kappa shape index (κ1) is 11.9. The zero-order valence-electron chi connectivity index (χ0n) is 9.72. The lowest BCUT2D eigenvalue weighted by atomic mass is 10.2. The molecule has 2 atom stereocenters. The van der Waals surface area contributed by atoms with Gasteiger partial charge < -0.3 is 5.32 Å². The summed E-state index contributed by atoms with van der Waals surface area (Å²) in [7, 11) is 0. The van der Waals surface area contributed by atoms with Crippen molar-refractivity contribution in [3.63, 3.8) is 0 Å². The molecule has 2 rings (SSSR count).